The van der Waals surface area contributed by atoms with E-state index in [1.807, 2.05) is 25.1 Å². The van der Waals surface area contributed by atoms with E-state index in [0.29, 0.717) is 6.61 Å². The minimum atomic E-state index is -0.186. The van der Waals surface area contributed by atoms with Crippen molar-refractivity contribution in [3.8, 4) is 0 Å². The van der Waals surface area contributed by atoms with Crippen LogP contribution in [0, 0.1) is 0 Å². The van der Waals surface area contributed by atoms with Crippen LogP contribution in [0.4, 0.5) is 0 Å². The molecule has 25 heavy (non-hydrogen) atoms. The fourth-order valence-corrected chi connectivity index (χ4v) is 4.12. The molecule has 1 fully saturated rings. The van der Waals surface area contributed by atoms with Gasteiger partial charge in [-0.05, 0) is 49.5 Å². The molecule has 1 aliphatic heterocycles. The van der Waals surface area contributed by atoms with E-state index < -0.39 is 0 Å². The van der Waals surface area contributed by atoms with Crippen molar-refractivity contribution in [3.63, 3.8) is 0 Å². The number of hydrogen-bond donors (Lipinski definition) is 0. The van der Waals surface area contributed by atoms with Crippen molar-refractivity contribution in [2.75, 3.05) is 19.7 Å². The second-order valence-electron chi connectivity index (χ2n) is 6.61. The number of ether oxygens (including phenoxy) is 1. The Bertz CT molecular complexity index is 804. The van der Waals surface area contributed by atoms with E-state index >= 15 is 0 Å². The van der Waals surface area contributed by atoms with E-state index in [4.69, 9.17) is 4.74 Å². The maximum Gasteiger partial charge on any atom is 0.336 e. The summed E-state index contributed by atoms with van der Waals surface area (Å²) in [4.78, 5) is 15.4. The number of likely N-dealkylation sites (tertiary alicyclic amines) is 1. The van der Waals surface area contributed by atoms with Crippen molar-refractivity contribution in [2.24, 2.45) is 0 Å². The number of carbonyl (C=O) groups excluding carboxylic acids is 1. The molecule has 1 atom stereocenters. The first-order valence-electron chi connectivity index (χ1n) is 9.11. The fraction of sp³-hybridized carbons (Fsp3) is 0.318. The minimum Gasteiger partial charge on any atom is -0.463 e. The zero-order valence-corrected chi connectivity index (χ0v) is 14.6. The molecule has 2 aliphatic rings. The molecule has 0 aromatic heterocycles. The van der Waals surface area contributed by atoms with E-state index in [1.54, 1.807) is 0 Å². The van der Waals surface area contributed by atoms with Crippen molar-refractivity contribution in [3.05, 3.63) is 76.9 Å². The minimum absolute atomic E-state index is 0.00737. The molecular weight excluding hydrogens is 310 g/mol. The first-order valence-corrected chi connectivity index (χ1v) is 9.11. The van der Waals surface area contributed by atoms with Crippen LogP contribution in [-0.2, 0) is 9.53 Å². The van der Waals surface area contributed by atoms with Gasteiger partial charge in [0, 0.05) is 5.57 Å². The Balaban J connectivity index is 1.93. The Kier molecular flexibility index (Phi) is 4.41. The second-order valence-corrected chi connectivity index (χ2v) is 6.61. The molecule has 3 nitrogen and oxygen atoms in total. The summed E-state index contributed by atoms with van der Waals surface area (Å²) in [6.07, 6.45) is 2.38. The molecule has 1 saturated heterocycles. The summed E-state index contributed by atoms with van der Waals surface area (Å²) >= 11 is 0. The molecule has 4 rings (SSSR count). The van der Waals surface area contributed by atoms with Gasteiger partial charge < -0.3 is 4.74 Å². The van der Waals surface area contributed by atoms with E-state index in [1.165, 1.54) is 18.4 Å². The predicted molar refractivity (Wildman–Crippen MR) is 99.1 cm³/mol. The first kappa shape index (κ1) is 16.1. The van der Waals surface area contributed by atoms with Gasteiger partial charge in [-0.25, -0.2) is 4.79 Å². The Morgan fingerprint density at radius 2 is 1.72 bits per heavy atom. The summed E-state index contributed by atoms with van der Waals surface area (Å²) < 4.78 is 5.48. The van der Waals surface area contributed by atoms with E-state index in [-0.39, 0.29) is 12.0 Å². The van der Waals surface area contributed by atoms with Gasteiger partial charge in [0.25, 0.3) is 0 Å². The quantitative estimate of drug-likeness (QED) is 0.785. The number of benzene rings is 2. The van der Waals surface area contributed by atoms with Gasteiger partial charge in [-0.2, -0.15) is 0 Å². The number of rotatable bonds is 4. The predicted octanol–water partition coefficient (Wildman–Crippen LogP) is 4.20. The smallest absolute Gasteiger partial charge is 0.336 e. The second kappa shape index (κ2) is 6.85. The third kappa shape index (κ3) is 2.79. The van der Waals surface area contributed by atoms with Gasteiger partial charge in [0.1, 0.15) is 0 Å². The molecule has 128 valence electrons. The molecular formula is C22H23NO2. The lowest BCUT2D eigenvalue weighted by Gasteiger charge is -2.26. The van der Waals surface area contributed by atoms with Crippen molar-refractivity contribution in [1.29, 1.82) is 0 Å². The maximum atomic E-state index is 13.0. The molecule has 1 unspecified atom stereocenters. The van der Waals surface area contributed by atoms with Crippen LogP contribution in [-0.4, -0.2) is 30.6 Å². The zero-order chi connectivity index (χ0) is 17.2. The molecule has 2 aromatic rings. The van der Waals surface area contributed by atoms with E-state index in [0.717, 1.165) is 35.4 Å². The molecule has 0 saturated carbocycles. The van der Waals surface area contributed by atoms with Gasteiger partial charge in [-0.1, -0.05) is 54.6 Å². The van der Waals surface area contributed by atoms with E-state index in [2.05, 4.69) is 41.3 Å². The maximum absolute atomic E-state index is 13.0. The van der Waals surface area contributed by atoms with Crippen LogP contribution < -0.4 is 0 Å². The lowest BCUT2D eigenvalue weighted by molar-refractivity contribution is -0.139. The summed E-state index contributed by atoms with van der Waals surface area (Å²) in [6.45, 7) is 4.33. The topological polar surface area (TPSA) is 29.5 Å². The summed E-state index contributed by atoms with van der Waals surface area (Å²) in [5.41, 5.74) is 5.31. The largest absolute Gasteiger partial charge is 0.463 e. The molecule has 2 aromatic carbocycles. The van der Waals surface area contributed by atoms with Crippen LogP contribution in [0.1, 0.15) is 42.5 Å². The monoisotopic (exact) mass is 333 g/mol. The van der Waals surface area contributed by atoms with Crippen LogP contribution in [0.15, 0.2) is 60.2 Å². The Labute approximate surface area is 148 Å². The third-order valence-electron chi connectivity index (χ3n) is 5.13. The Morgan fingerprint density at radius 1 is 1.04 bits per heavy atom. The highest BCUT2D eigenvalue weighted by Gasteiger charge is 2.40. The molecule has 0 amide bonds. The van der Waals surface area contributed by atoms with Crippen LogP contribution in [0.3, 0.4) is 0 Å². The average molecular weight is 333 g/mol. The molecule has 0 N–H and O–H groups in total. The first-order chi connectivity index (χ1) is 12.3. The van der Waals surface area contributed by atoms with Crippen molar-refractivity contribution in [1.82, 2.24) is 4.90 Å². The average Bonchev–Trinajstić information content (AvgIpc) is 3.28. The molecule has 1 aliphatic carbocycles. The SMILES string of the molecule is CCOC(=O)C1=C(c2ccccc2)c2ccccc2C1N1CCCC1. The highest BCUT2D eigenvalue weighted by atomic mass is 16.5. The van der Waals surface area contributed by atoms with Crippen LogP contribution in [0.2, 0.25) is 0 Å². The van der Waals surface area contributed by atoms with Gasteiger partial charge in [0.15, 0.2) is 0 Å². The van der Waals surface area contributed by atoms with Crippen molar-refractivity contribution in [2.45, 2.75) is 25.8 Å². The molecule has 0 radical (unpaired) electrons. The normalized spacial score (nSPS) is 20.0. The van der Waals surface area contributed by atoms with Gasteiger partial charge >= 0.3 is 5.97 Å². The Morgan fingerprint density at radius 3 is 2.44 bits per heavy atom. The summed E-state index contributed by atoms with van der Waals surface area (Å²) in [6, 6.07) is 18.6. The van der Waals surface area contributed by atoms with Gasteiger partial charge in [0.2, 0.25) is 0 Å². The third-order valence-corrected chi connectivity index (χ3v) is 5.13. The number of fused-ring (bicyclic) bond motifs is 1. The number of hydrogen-bond acceptors (Lipinski definition) is 3. The Hall–Kier alpha value is -2.39. The molecule has 0 bridgehead atoms. The summed E-state index contributed by atoms with van der Waals surface area (Å²) in [7, 11) is 0. The lowest BCUT2D eigenvalue weighted by atomic mass is 9.97. The number of esters is 1. The van der Waals surface area contributed by atoms with Crippen LogP contribution >= 0.6 is 0 Å². The molecule has 1 heterocycles. The zero-order valence-electron chi connectivity index (χ0n) is 14.6. The molecule has 3 heteroatoms. The molecule has 0 spiro atoms. The standard InChI is InChI=1S/C22H23NO2/c1-2-25-22(24)20-19(16-10-4-3-5-11-16)17-12-6-7-13-18(17)21(20)23-14-8-9-15-23/h3-7,10-13,21H,2,8-9,14-15H2,1H3. The number of nitrogens with zero attached hydrogens (tertiary/aromatic N) is 1. The summed E-state index contributed by atoms with van der Waals surface area (Å²) in [5.74, 6) is -0.186. The van der Waals surface area contributed by atoms with Crippen LogP contribution in [0.25, 0.3) is 5.57 Å². The lowest BCUT2D eigenvalue weighted by Crippen LogP contribution is -2.29. The van der Waals surface area contributed by atoms with Crippen LogP contribution in [0.5, 0.6) is 0 Å². The highest BCUT2D eigenvalue weighted by molar-refractivity contribution is 6.06. The fourth-order valence-electron chi connectivity index (χ4n) is 4.12. The number of carbonyl (C=O) groups is 1. The van der Waals surface area contributed by atoms with Crippen molar-refractivity contribution < 1.29 is 9.53 Å². The summed E-state index contributed by atoms with van der Waals surface area (Å²) in [5, 5.41) is 0. The van der Waals surface area contributed by atoms with Crippen molar-refractivity contribution >= 4 is 11.5 Å². The highest BCUT2D eigenvalue weighted by Crippen LogP contribution is 2.47. The van der Waals surface area contributed by atoms with Gasteiger partial charge in [-0.15, -0.1) is 0 Å². The van der Waals surface area contributed by atoms with E-state index in [9.17, 15) is 4.79 Å². The van der Waals surface area contributed by atoms with Gasteiger partial charge in [0.05, 0.1) is 18.2 Å². The van der Waals surface area contributed by atoms with Gasteiger partial charge in [-0.3, -0.25) is 4.90 Å².